The van der Waals surface area contributed by atoms with E-state index in [0.717, 1.165) is 11.3 Å². The molecule has 7 heteroatoms. The van der Waals surface area contributed by atoms with Crippen LogP contribution in [0.3, 0.4) is 0 Å². The molecule has 1 aliphatic rings. The van der Waals surface area contributed by atoms with E-state index in [1.54, 1.807) is 4.90 Å². The van der Waals surface area contributed by atoms with Gasteiger partial charge in [0, 0.05) is 31.2 Å². The molecule has 1 aromatic heterocycles. The molecule has 150 valence electrons. The van der Waals surface area contributed by atoms with Gasteiger partial charge in [-0.05, 0) is 31.9 Å². The Morgan fingerprint density at radius 3 is 2.32 bits per heavy atom. The molecular weight excluding hydrogens is 374 g/mol. The van der Waals surface area contributed by atoms with Crippen molar-refractivity contribution in [1.82, 2.24) is 14.2 Å². The second-order valence-corrected chi connectivity index (χ2v) is 9.12. The number of likely N-dealkylation sites (tertiary alicyclic amines) is 1. The number of sulfonamides is 1. The Balaban J connectivity index is 1.70. The molecule has 0 N–H and O–H groups in total. The summed E-state index contributed by atoms with van der Waals surface area (Å²) in [6.07, 6.45) is 2.56. The van der Waals surface area contributed by atoms with Crippen LogP contribution in [0, 0.1) is 6.92 Å². The number of hydrogen-bond donors (Lipinski definition) is 0. The lowest BCUT2D eigenvalue weighted by molar-refractivity contribution is 0.0679. The number of nitrogens with zero attached hydrogens (tertiary/aromatic N) is 3. The van der Waals surface area contributed by atoms with Crippen LogP contribution in [-0.2, 0) is 10.0 Å². The van der Waals surface area contributed by atoms with Crippen molar-refractivity contribution in [2.24, 2.45) is 0 Å². The molecule has 1 amide bonds. The fourth-order valence-electron chi connectivity index (χ4n) is 3.85. The number of carbonyl (C=O) groups excluding carboxylic acids is 1. The molecule has 0 saturated carbocycles. The smallest absolute Gasteiger partial charge is 0.255 e. The molecule has 0 unspecified atom stereocenters. The number of benzene rings is 1. The van der Waals surface area contributed by atoms with Gasteiger partial charge >= 0.3 is 0 Å². The molecule has 6 nitrogen and oxygen atoms in total. The van der Waals surface area contributed by atoms with Gasteiger partial charge in [-0.3, -0.25) is 9.78 Å². The summed E-state index contributed by atoms with van der Waals surface area (Å²) < 4.78 is 25.4. The summed E-state index contributed by atoms with van der Waals surface area (Å²) >= 11 is 0. The van der Waals surface area contributed by atoms with E-state index in [0.29, 0.717) is 43.7 Å². The zero-order valence-electron chi connectivity index (χ0n) is 16.6. The van der Waals surface area contributed by atoms with Crippen LogP contribution < -0.4 is 0 Å². The van der Waals surface area contributed by atoms with E-state index in [4.69, 9.17) is 0 Å². The lowest BCUT2D eigenvalue weighted by Gasteiger charge is -2.37. The quantitative estimate of drug-likeness (QED) is 0.772. The van der Waals surface area contributed by atoms with Crippen molar-refractivity contribution in [3.63, 3.8) is 0 Å². The second kappa shape index (κ2) is 8.41. The van der Waals surface area contributed by atoms with E-state index in [1.165, 1.54) is 10.6 Å². The summed E-state index contributed by atoms with van der Waals surface area (Å²) in [7, 11) is -3.22. The predicted octanol–water partition coefficient (Wildman–Crippen LogP) is 2.94. The van der Waals surface area contributed by atoms with Crippen LogP contribution in [0.5, 0.6) is 0 Å². The first-order valence-corrected chi connectivity index (χ1v) is 11.4. The van der Waals surface area contributed by atoms with Crippen molar-refractivity contribution in [2.75, 3.05) is 25.9 Å². The number of carbonyl (C=O) groups is 1. The number of amides is 1. The second-order valence-electron chi connectivity index (χ2n) is 7.19. The third kappa shape index (κ3) is 4.42. The standard InChI is InChI=1S/C21H27N3O3S/c1-4-24(28(3,26)27)18-12-14-23(15-13-18)21(25)19-10-11-20(22-16(19)2)17-8-6-5-7-9-17/h5-11,18H,4,12-15H2,1-3H3. The first-order chi connectivity index (χ1) is 13.3. The van der Waals surface area contributed by atoms with Gasteiger partial charge in [0.25, 0.3) is 5.91 Å². The Morgan fingerprint density at radius 1 is 1.14 bits per heavy atom. The van der Waals surface area contributed by atoms with Crippen molar-refractivity contribution in [1.29, 1.82) is 0 Å². The zero-order valence-corrected chi connectivity index (χ0v) is 17.4. The first-order valence-electron chi connectivity index (χ1n) is 9.60. The average molecular weight is 402 g/mol. The lowest BCUT2D eigenvalue weighted by atomic mass is 10.0. The van der Waals surface area contributed by atoms with Crippen molar-refractivity contribution in [2.45, 2.75) is 32.7 Å². The third-order valence-corrected chi connectivity index (χ3v) is 6.69. The summed E-state index contributed by atoms with van der Waals surface area (Å²) in [5.74, 6) is -0.0366. The summed E-state index contributed by atoms with van der Waals surface area (Å²) in [6, 6.07) is 13.6. The Hall–Kier alpha value is -2.25. The molecule has 0 spiro atoms. The van der Waals surface area contributed by atoms with Crippen molar-refractivity contribution >= 4 is 15.9 Å². The van der Waals surface area contributed by atoms with Gasteiger partial charge in [0.05, 0.1) is 23.2 Å². The van der Waals surface area contributed by atoms with Crippen LogP contribution in [0.1, 0.15) is 35.8 Å². The maximum absolute atomic E-state index is 13.0. The van der Waals surface area contributed by atoms with Crippen LogP contribution in [-0.4, -0.2) is 60.4 Å². The van der Waals surface area contributed by atoms with Gasteiger partial charge in [-0.15, -0.1) is 0 Å². The summed E-state index contributed by atoms with van der Waals surface area (Å²) in [5, 5.41) is 0. The highest BCUT2D eigenvalue weighted by Gasteiger charge is 2.31. The highest BCUT2D eigenvalue weighted by molar-refractivity contribution is 7.88. The van der Waals surface area contributed by atoms with E-state index in [9.17, 15) is 13.2 Å². The Labute approximate surface area is 167 Å². The molecule has 0 bridgehead atoms. The minimum Gasteiger partial charge on any atom is -0.338 e. The number of aryl methyl sites for hydroxylation is 1. The number of hydrogen-bond acceptors (Lipinski definition) is 4. The minimum atomic E-state index is -3.22. The average Bonchev–Trinajstić information content (AvgIpc) is 2.68. The van der Waals surface area contributed by atoms with Crippen LogP contribution in [0.25, 0.3) is 11.3 Å². The van der Waals surface area contributed by atoms with Gasteiger partial charge in [0.1, 0.15) is 0 Å². The van der Waals surface area contributed by atoms with Crippen molar-refractivity contribution in [3.8, 4) is 11.3 Å². The molecule has 28 heavy (non-hydrogen) atoms. The topological polar surface area (TPSA) is 70.6 Å². The normalized spacial score (nSPS) is 15.8. The number of pyridine rings is 1. The largest absolute Gasteiger partial charge is 0.338 e. The SMILES string of the molecule is CCN(C1CCN(C(=O)c2ccc(-c3ccccc3)nc2C)CC1)S(C)(=O)=O. The van der Waals surface area contributed by atoms with E-state index in [2.05, 4.69) is 4.98 Å². The Kier molecular flexibility index (Phi) is 6.15. The molecule has 1 aromatic carbocycles. The number of aromatic nitrogens is 1. The highest BCUT2D eigenvalue weighted by atomic mass is 32.2. The fraction of sp³-hybridized carbons (Fsp3) is 0.429. The van der Waals surface area contributed by atoms with E-state index < -0.39 is 10.0 Å². The van der Waals surface area contributed by atoms with Gasteiger partial charge in [-0.25, -0.2) is 8.42 Å². The maximum atomic E-state index is 13.0. The minimum absolute atomic E-state index is 0.0366. The molecule has 0 aliphatic carbocycles. The molecule has 1 aliphatic heterocycles. The molecule has 2 aromatic rings. The Morgan fingerprint density at radius 2 is 1.79 bits per heavy atom. The van der Waals surface area contributed by atoms with E-state index in [1.807, 2.05) is 56.3 Å². The molecule has 1 fully saturated rings. The van der Waals surface area contributed by atoms with Crippen LogP contribution in [0.15, 0.2) is 42.5 Å². The summed E-state index contributed by atoms with van der Waals surface area (Å²) in [4.78, 5) is 19.4. The molecule has 2 heterocycles. The molecular formula is C21H27N3O3S. The zero-order chi connectivity index (χ0) is 20.3. The van der Waals surface area contributed by atoms with Gasteiger partial charge in [-0.2, -0.15) is 4.31 Å². The summed E-state index contributed by atoms with van der Waals surface area (Å²) in [6.45, 7) is 5.27. The predicted molar refractivity (Wildman–Crippen MR) is 111 cm³/mol. The van der Waals surface area contributed by atoms with Gasteiger partial charge in [0.15, 0.2) is 0 Å². The fourth-order valence-corrected chi connectivity index (χ4v) is 5.07. The Bertz CT molecular complexity index is 937. The highest BCUT2D eigenvalue weighted by Crippen LogP contribution is 2.23. The summed E-state index contributed by atoms with van der Waals surface area (Å²) in [5.41, 5.74) is 3.18. The van der Waals surface area contributed by atoms with Crippen LogP contribution in [0.4, 0.5) is 0 Å². The number of piperidine rings is 1. The molecule has 1 saturated heterocycles. The van der Waals surface area contributed by atoms with E-state index in [-0.39, 0.29) is 11.9 Å². The van der Waals surface area contributed by atoms with Crippen molar-refractivity contribution < 1.29 is 13.2 Å². The first kappa shape index (κ1) is 20.5. The molecule has 3 rings (SSSR count). The van der Waals surface area contributed by atoms with Gasteiger partial charge in [-0.1, -0.05) is 37.3 Å². The van der Waals surface area contributed by atoms with Crippen molar-refractivity contribution in [3.05, 3.63) is 53.7 Å². The van der Waals surface area contributed by atoms with Gasteiger partial charge < -0.3 is 4.90 Å². The van der Waals surface area contributed by atoms with E-state index >= 15 is 0 Å². The van der Waals surface area contributed by atoms with Crippen LogP contribution >= 0.6 is 0 Å². The molecule has 0 atom stereocenters. The molecule has 0 radical (unpaired) electrons. The maximum Gasteiger partial charge on any atom is 0.255 e. The van der Waals surface area contributed by atoms with Gasteiger partial charge in [0.2, 0.25) is 10.0 Å². The monoisotopic (exact) mass is 401 g/mol. The van der Waals surface area contributed by atoms with Crippen LogP contribution in [0.2, 0.25) is 0 Å². The lowest BCUT2D eigenvalue weighted by Crippen LogP contribution is -2.48. The number of rotatable bonds is 5. The third-order valence-electron chi connectivity index (χ3n) is 5.28.